The fourth-order valence-electron chi connectivity index (χ4n) is 2.19. The number of ether oxygens (including phenoxy) is 3. The molecule has 0 fully saturated rings. The summed E-state index contributed by atoms with van der Waals surface area (Å²) in [7, 11) is 2.27. The van der Waals surface area contributed by atoms with E-state index in [0.29, 0.717) is 0 Å². The van der Waals surface area contributed by atoms with Gasteiger partial charge in [0.1, 0.15) is 18.2 Å². The number of carbonyl (C=O) groups excluding carboxylic acids is 2. The van der Waals surface area contributed by atoms with Gasteiger partial charge >= 0.3 is 17.9 Å². The Labute approximate surface area is 136 Å². The van der Waals surface area contributed by atoms with Crippen LogP contribution in [0.1, 0.15) is 10.4 Å². The van der Waals surface area contributed by atoms with E-state index in [4.69, 9.17) is 9.84 Å². The first-order chi connectivity index (χ1) is 11.4. The van der Waals surface area contributed by atoms with Crippen LogP contribution in [0.15, 0.2) is 29.5 Å². The van der Waals surface area contributed by atoms with Gasteiger partial charge < -0.3 is 24.2 Å². The number of carboxylic acids is 1. The molecule has 1 aliphatic heterocycles. The van der Waals surface area contributed by atoms with Crippen molar-refractivity contribution in [3.05, 3.63) is 40.8 Å². The summed E-state index contributed by atoms with van der Waals surface area (Å²) in [5.41, 5.74) is -0.674. The molecular formula is C15H14FNO7. The number of carboxylic acid groups (broad SMARTS) is 1. The maximum absolute atomic E-state index is 13.6. The molecule has 1 heterocycles. The van der Waals surface area contributed by atoms with E-state index in [9.17, 15) is 18.8 Å². The Balaban J connectivity index is 2.59. The maximum Gasteiger partial charge on any atom is 0.355 e. The lowest BCUT2D eigenvalue weighted by Gasteiger charge is -2.31. The standard InChI is InChI=1S/C15H14FNO7/c1-22-14(20)10-6-24-7-17(12(10)15(21)23-2)8-3-4-11(16)9(5-8)13(18)19/h3-5H,6-7H2,1-2H3,(H,18,19). The van der Waals surface area contributed by atoms with Crippen molar-refractivity contribution >= 4 is 23.6 Å². The Morgan fingerprint density at radius 1 is 1.21 bits per heavy atom. The van der Waals surface area contributed by atoms with E-state index in [2.05, 4.69) is 9.47 Å². The van der Waals surface area contributed by atoms with Gasteiger partial charge in [0.2, 0.25) is 0 Å². The minimum Gasteiger partial charge on any atom is -0.478 e. The van der Waals surface area contributed by atoms with E-state index in [1.54, 1.807) is 0 Å². The summed E-state index contributed by atoms with van der Waals surface area (Å²) >= 11 is 0. The Bertz CT molecular complexity index is 729. The topological polar surface area (TPSA) is 102 Å². The van der Waals surface area contributed by atoms with Crippen LogP contribution in [0.3, 0.4) is 0 Å². The van der Waals surface area contributed by atoms with E-state index in [1.807, 2.05) is 0 Å². The number of hydrogen-bond acceptors (Lipinski definition) is 7. The summed E-state index contributed by atoms with van der Waals surface area (Å²) in [6, 6.07) is 3.23. The van der Waals surface area contributed by atoms with Crippen LogP contribution in [0.2, 0.25) is 0 Å². The molecule has 24 heavy (non-hydrogen) atoms. The van der Waals surface area contributed by atoms with Gasteiger partial charge in [-0.05, 0) is 18.2 Å². The molecule has 0 atom stereocenters. The number of hydrogen-bond donors (Lipinski definition) is 1. The third-order valence-corrected chi connectivity index (χ3v) is 3.33. The van der Waals surface area contributed by atoms with Crippen molar-refractivity contribution < 1.29 is 38.1 Å². The average Bonchev–Trinajstić information content (AvgIpc) is 2.59. The monoisotopic (exact) mass is 339 g/mol. The van der Waals surface area contributed by atoms with E-state index in [-0.39, 0.29) is 30.3 Å². The lowest BCUT2D eigenvalue weighted by Crippen LogP contribution is -2.38. The van der Waals surface area contributed by atoms with Crippen molar-refractivity contribution in [3.8, 4) is 0 Å². The molecule has 1 aromatic carbocycles. The maximum atomic E-state index is 13.6. The van der Waals surface area contributed by atoms with Crippen LogP contribution in [0.25, 0.3) is 0 Å². The Morgan fingerprint density at radius 3 is 2.46 bits per heavy atom. The van der Waals surface area contributed by atoms with Crippen LogP contribution >= 0.6 is 0 Å². The summed E-state index contributed by atoms with van der Waals surface area (Å²) < 4.78 is 28.1. The van der Waals surface area contributed by atoms with Crippen molar-refractivity contribution in [2.75, 3.05) is 32.5 Å². The summed E-state index contributed by atoms with van der Waals surface area (Å²) in [4.78, 5) is 36.2. The second-order valence-electron chi connectivity index (χ2n) is 4.69. The van der Waals surface area contributed by atoms with Gasteiger partial charge in [-0.2, -0.15) is 0 Å². The second-order valence-corrected chi connectivity index (χ2v) is 4.69. The fourth-order valence-corrected chi connectivity index (χ4v) is 2.19. The van der Waals surface area contributed by atoms with Crippen molar-refractivity contribution in [3.63, 3.8) is 0 Å². The lowest BCUT2D eigenvalue weighted by atomic mass is 10.1. The highest BCUT2D eigenvalue weighted by molar-refractivity contribution is 6.03. The predicted molar refractivity (Wildman–Crippen MR) is 77.7 cm³/mol. The first-order valence-electron chi connectivity index (χ1n) is 6.68. The SMILES string of the molecule is COC(=O)C1=C(C(=O)OC)N(c2ccc(F)c(C(=O)O)c2)COC1. The highest BCUT2D eigenvalue weighted by Crippen LogP contribution is 2.28. The van der Waals surface area contributed by atoms with Crippen LogP contribution in [0.5, 0.6) is 0 Å². The lowest BCUT2D eigenvalue weighted by molar-refractivity contribution is -0.140. The molecule has 0 saturated heterocycles. The largest absolute Gasteiger partial charge is 0.478 e. The minimum atomic E-state index is -1.47. The number of anilines is 1. The molecule has 0 amide bonds. The minimum absolute atomic E-state index is 0.0863. The van der Waals surface area contributed by atoms with Gasteiger partial charge in [0.05, 0.1) is 32.0 Å². The number of methoxy groups -OCH3 is 2. The zero-order valence-corrected chi connectivity index (χ0v) is 12.9. The average molecular weight is 339 g/mol. The first kappa shape index (κ1) is 17.4. The molecule has 8 nitrogen and oxygen atoms in total. The van der Waals surface area contributed by atoms with Gasteiger partial charge in [-0.25, -0.2) is 18.8 Å². The number of benzene rings is 1. The van der Waals surface area contributed by atoms with Gasteiger partial charge in [0, 0.05) is 5.69 Å². The summed E-state index contributed by atoms with van der Waals surface area (Å²) in [6.45, 7) is -0.337. The van der Waals surface area contributed by atoms with E-state index >= 15 is 0 Å². The van der Waals surface area contributed by atoms with E-state index in [0.717, 1.165) is 26.4 Å². The number of nitrogens with zero attached hydrogens (tertiary/aromatic N) is 1. The first-order valence-corrected chi connectivity index (χ1v) is 6.68. The number of esters is 2. The summed E-state index contributed by atoms with van der Waals surface area (Å²) in [5.74, 6) is -4.02. The summed E-state index contributed by atoms with van der Waals surface area (Å²) in [6.07, 6.45) is 0. The zero-order chi connectivity index (χ0) is 17.9. The highest BCUT2D eigenvalue weighted by atomic mass is 19.1. The molecule has 9 heteroatoms. The van der Waals surface area contributed by atoms with Crippen LogP contribution in [0, 0.1) is 5.82 Å². The molecule has 0 radical (unpaired) electrons. The smallest absolute Gasteiger partial charge is 0.355 e. The van der Waals surface area contributed by atoms with Gasteiger partial charge in [-0.1, -0.05) is 0 Å². The van der Waals surface area contributed by atoms with Gasteiger partial charge in [0.15, 0.2) is 0 Å². The van der Waals surface area contributed by atoms with Gasteiger partial charge in [-0.15, -0.1) is 0 Å². The Hall–Kier alpha value is -2.94. The third kappa shape index (κ3) is 3.20. The van der Waals surface area contributed by atoms with Crippen molar-refractivity contribution in [1.82, 2.24) is 0 Å². The van der Waals surface area contributed by atoms with Gasteiger partial charge in [-0.3, -0.25) is 0 Å². The number of aromatic carboxylic acids is 1. The molecule has 0 bridgehead atoms. The normalized spacial score (nSPS) is 14.4. The number of rotatable bonds is 4. The third-order valence-electron chi connectivity index (χ3n) is 3.33. The molecule has 1 aliphatic rings. The van der Waals surface area contributed by atoms with Crippen LogP contribution in [-0.2, 0) is 23.8 Å². The molecule has 0 aromatic heterocycles. The fraction of sp³-hybridized carbons (Fsp3) is 0.267. The number of halogens is 1. The highest BCUT2D eigenvalue weighted by Gasteiger charge is 2.32. The molecule has 0 spiro atoms. The molecule has 128 valence electrons. The molecule has 1 N–H and O–H groups in total. The quantitative estimate of drug-likeness (QED) is 0.808. The number of carbonyl (C=O) groups is 3. The van der Waals surface area contributed by atoms with Crippen molar-refractivity contribution in [2.24, 2.45) is 0 Å². The van der Waals surface area contributed by atoms with Crippen molar-refractivity contribution in [2.45, 2.75) is 0 Å². The molecule has 1 aromatic rings. The molecule has 2 rings (SSSR count). The van der Waals surface area contributed by atoms with Gasteiger partial charge in [0.25, 0.3) is 0 Å². The summed E-state index contributed by atoms with van der Waals surface area (Å²) in [5, 5.41) is 9.02. The van der Waals surface area contributed by atoms with Crippen molar-refractivity contribution in [1.29, 1.82) is 0 Å². The molecular weight excluding hydrogens is 325 g/mol. The second kappa shape index (κ2) is 7.09. The molecule has 0 saturated carbocycles. The van der Waals surface area contributed by atoms with Crippen LogP contribution in [0.4, 0.5) is 10.1 Å². The predicted octanol–water partition coefficient (Wildman–Crippen LogP) is 0.918. The van der Waals surface area contributed by atoms with Crippen LogP contribution in [-0.4, -0.2) is 50.6 Å². The molecule has 0 aliphatic carbocycles. The molecule has 0 unspecified atom stereocenters. The Morgan fingerprint density at radius 2 is 1.88 bits per heavy atom. The van der Waals surface area contributed by atoms with E-state index in [1.165, 1.54) is 11.0 Å². The van der Waals surface area contributed by atoms with E-state index < -0.39 is 29.3 Å². The van der Waals surface area contributed by atoms with Crippen LogP contribution < -0.4 is 4.90 Å². The Kier molecular flexibility index (Phi) is 5.14. The zero-order valence-electron chi connectivity index (χ0n) is 12.9.